The highest BCUT2D eigenvalue weighted by atomic mass is 32.1. The van der Waals surface area contributed by atoms with E-state index >= 15 is 0 Å². The van der Waals surface area contributed by atoms with Crippen molar-refractivity contribution in [3.05, 3.63) is 175 Å². The number of hydrogen-bond acceptors (Lipinski definition) is 2. The third-order valence-electron chi connectivity index (χ3n) is 8.14. The maximum absolute atomic E-state index is 4.94. The van der Waals surface area contributed by atoms with E-state index in [9.17, 15) is 0 Å². The van der Waals surface area contributed by atoms with Crippen LogP contribution in [-0.2, 0) is 12.6 Å². The molecule has 1 heterocycles. The SMILES string of the molecule is SCCc1cccc([Si](Cn2ccnc2[B]C(c2ccccc2)c2ccccc2)(c2ccccc2)c2ccccc2)c1. The zero-order valence-electron chi connectivity index (χ0n) is 23.6. The molecule has 0 aliphatic carbocycles. The van der Waals surface area contributed by atoms with Crippen LogP contribution in [0.3, 0.4) is 0 Å². The fraction of sp³-hybridized carbons (Fsp3) is 0.108. The fourth-order valence-electron chi connectivity index (χ4n) is 6.06. The fourth-order valence-corrected chi connectivity index (χ4v) is 11.0. The Morgan fingerprint density at radius 3 is 1.71 bits per heavy atom. The second-order valence-electron chi connectivity index (χ2n) is 10.7. The first-order valence-corrected chi connectivity index (χ1v) is 17.4. The van der Waals surface area contributed by atoms with Gasteiger partial charge < -0.3 is 4.57 Å². The summed E-state index contributed by atoms with van der Waals surface area (Å²) in [4.78, 5) is 4.94. The van der Waals surface area contributed by atoms with Gasteiger partial charge in [-0.1, -0.05) is 146 Å². The molecule has 0 saturated heterocycles. The van der Waals surface area contributed by atoms with Gasteiger partial charge >= 0.3 is 0 Å². The summed E-state index contributed by atoms with van der Waals surface area (Å²) in [7, 11) is -0.221. The molecule has 0 unspecified atom stereocenters. The highest BCUT2D eigenvalue weighted by Gasteiger charge is 2.40. The van der Waals surface area contributed by atoms with Gasteiger partial charge in [-0.3, -0.25) is 4.98 Å². The van der Waals surface area contributed by atoms with Crippen LogP contribution in [0.1, 0.15) is 22.5 Å². The highest BCUT2D eigenvalue weighted by molar-refractivity contribution is 7.80. The lowest BCUT2D eigenvalue weighted by atomic mass is 9.58. The van der Waals surface area contributed by atoms with Crippen LogP contribution in [0, 0.1) is 0 Å². The Morgan fingerprint density at radius 1 is 0.643 bits per heavy atom. The predicted octanol–water partition coefficient (Wildman–Crippen LogP) is 5.18. The third kappa shape index (κ3) is 5.94. The van der Waals surface area contributed by atoms with Crippen LogP contribution in [-0.4, -0.2) is 30.7 Å². The minimum Gasteiger partial charge on any atom is -0.345 e. The topological polar surface area (TPSA) is 17.8 Å². The maximum Gasteiger partial charge on any atom is 0.215 e. The van der Waals surface area contributed by atoms with Gasteiger partial charge in [-0.05, 0) is 50.2 Å². The number of imidazole rings is 1. The number of thiol groups is 1. The Hall–Kier alpha value is -4.06. The molecule has 0 saturated carbocycles. The molecule has 0 fully saturated rings. The molecule has 0 spiro atoms. The maximum atomic E-state index is 4.94. The van der Waals surface area contributed by atoms with Crippen LogP contribution in [0.2, 0.25) is 0 Å². The van der Waals surface area contributed by atoms with Crippen LogP contribution in [0.15, 0.2) is 158 Å². The smallest absolute Gasteiger partial charge is 0.215 e. The molecule has 6 rings (SSSR count). The molecule has 1 radical (unpaired) electrons. The molecule has 0 amide bonds. The molecular weight excluding hydrogens is 543 g/mol. The summed E-state index contributed by atoms with van der Waals surface area (Å²) in [5.41, 5.74) is 4.83. The number of benzene rings is 5. The van der Waals surface area contributed by atoms with Crippen molar-refractivity contribution in [1.29, 1.82) is 0 Å². The first kappa shape index (κ1) is 28.1. The zero-order chi connectivity index (χ0) is 28.6. The van der Waals surface area contributed by atoms with Gasteiger partial charge in [0.15, 0.2) is 8.07 Å². The minimum absolute atomic E-state index is 0.0942. The van der Waals surface area contributed by atoms with Crippen molar-refractivity contribution in [2.24, 2.45) is 0 Å². The average Bonchev–Trinajstić information content (AvgIpc) is 3.50. The molecule has 42 heavy (non-hydrogen) atoms. The van der Waals surface area contributed by atoms with Gasteiger partial charge in [0.2, 0.25) is 7.28 Å². The lowest BCUT2D eigenvalue weighted by Gasteiger charge is -2.35. The van der Waals surface area contributed by atoms with Crippen LogP contribution in [0.25, 0.3) is 0 Å². The van der Waals surface area contributed by atoms with Crippen LogP contribution in [0.4, 0.5) is 0 Å². The van der Waals surface area contributed by atoms with Crippen molar-refractivity contribution in [3.8, 4) is 0 Å². The third-order valence-corrected chi connectivity index (χ3v) is 13.1. The highest BCUT2D eigenvalue weighted by Crippen LogP contribution is 2.23. The zero-order valence-corrected chi connectivity index (χ0v) is 25.5. The first-order chi connectivity index (χ1) is 20.8. The standard InChI is InChI=1S/C37H34BN2SSi/c41-27-24-30-14-13-23-35(28-30)42(33-19-9-3-10-20-33,34-21-11-4-12-22-34)29-40-26-25-39-37(40)38-36(31-15-5-1-6-16-31)32-17-7-2-8-18-32/h1-23,25-26,28,36,41H,24,27,29H2. The van der Waals surface area contributed by atoms with Crippen molar-refractivity contribution >= 4 is 49.3 Å². The van der Waals surface area contributed by atoms with Crippen molar-refractivity contribution in [2.45, 2.75) is 18.4 Å². The Bertz CT molecular complexity index is 1610. The van der Waals surface area contributed by atoms with E-state index in [1.54, 1.807) is 0 Å². The molecule has 5 aromatic carbocycles. The summed E-state index contributed by atoms with van der Waals surface area (Å²) in [6, 6.07) is 52.9. The van der Waals surface area contributed by atoms with Gasteiger partial charge in [-0.25, -0.2) is 0 Å². The normalized spacial score (nSPS) is 11.5. The summed E-state index contributed by atoms with van der Waals surface area (Å²) in [5.74, 6) is 0.923. The molecule has 1 aromatic heterocycles. The van der Waals surface area contributed by atoms with Crippen LogP contribution >= 0.6 is 12.6 Å². The number of nitrogens with zero attached hydrogens (tertiary/aromatic N) is 2. The summed E-state index contributed by atoms with van der Waals surface area (Å²) >= 11 is 4.55. The molecule has 205 valence electrons. The monoisotopic (exact) mass is 577 g/mol. The van der Waals surface area contributed by atoms with Crippen molar-refractivity contribution in [2.75, 3.05) is 5.75 Å². The number of rotatable bonds is 11. The van der Waals surface area contributed by atoms with Crippen molar-refractivity contribution < 1.29 is 0 Å². The van der Waals surface area contributed by atoms with E-state index in [-0.39, 0.29) is 5.82 Å². The van der Waals surface area contributed by atoms with E-state index in [2.05, 4.69) is 176 Å². The Balaban J connectivity index is 1.49. The number of aromatic nitrogens is 2. The summed E-state index contributed by atoms with van der Waals surface area (Å²) in [6.07, 6.45) is 5.90. The molecule has 0 bridgehead atoms. The second-order valence-corrected chi connectivity index (χ2v) is 15.0. The van der Waals surface area contributed by atoms with Crippen molar-refractivity contribution in [3.63, 3.8) is 0 Å². The van der Waals surface area contributed by atoms with Crippen LogP contribution in [0.5, 0.6) is 0 Å². The van der Waals surface area contributed by atoms with Gasteiger partial charge in [0.25, 0.3) is 0 Å². The molecule has 0 atom stereocenters. The molecular formula is C37H34BN2SSi. The summed E-state index contributed by atoms with van der Waals surface area (Å²) in [5, 5.41) is 4.18. The van der Waals surface area contributed by atoms with Gasteiger partial charge in [0.05, 0.1) is 5.72 Å². The minimum atomic E-state index is -2.55. The predicted molar refractivity (Wildman–Crippen MR) is 184 cm³/mol. The van der Waals surface area contributed by atoms with Crippen molar-refractivity contribution in [1.82, 2.24) is 9.55 Å². The van der Waals surface area contributed by atoms with E-state index < -0.39 is 8.07 Å². The summed E-state index contributed by atoms with van der Waals surface area (Å²) in [6.45, 7) is 0. The molecule has 5 heteroatoms. The lowest BCUT2D eigenvalue weighted by Crippen LogP contribution is -2.70. The van der Waals surface area contributed by atoms with Gasteiger partial charge in [-0.15, -0.1) is 0 Å². The van der Waals surface area contributed by atoms with Gasteiger partial charge in [0.1, 0.15) is 0 Å². The molecule has 6 aromatic rings. The molecule has 0 N–H and O–H groups in total. The molecule has 0 aliphatic rings. The largest absolute Gasteiger partial charge is 0.345 e. The van der Waals surface area contributed by atoms with E-state index in [4.69, 9.17) is 4.98 Å². The molecule has 2 nitrogen and oxygen atoms in total. The van der Waals surface area contributed by atoms with E-state index in [0.29, 0.717) is 0 Å². The number of aryl methyl sites for hydroxylation is 1. The number of hydrogen-bond donors (Lipinski definition) is 1. The average molecular weight is 578 g/mol. The van der Waals surface area contributed by atoms with Gasteiger partial charge in [-0.2, -0.15) is 12.6 Å². The summed E-state index contributed by atoms with van der Waals surface area (Å²) < 4.78 is 2.39. The van der Waals surface area contributed by atoms with E-state index in [1.165, 1.54) is 32.3 Å². The quantitative estimate of drug-likeness (QED) is 0.128. The Kier molecular flexibility index (Phi) is 8.88. The van der Waals surface area contributed by atoms with E-state index in [0.717, 1.165) is 24.1 Å². The second kappa shape index (κ2) is 13.3. The first-order valence-electron chi connectivity index (χ1n) is 14.5. The van der Waals surface area contributed by atoms with E-state index in [1.807, 2.05) is 6.20 Å². The molecule has 0 aliphatic heterocycles. The van der Waals surface area contributed by atoms with Crippen LogP contribution < -0.4 is 21.3 Å². The Morgan fingerprint density at radius 2 is 1.17 bits per heavy atom. The Labute approximate surface area is 256 Å². The van der Waals surface area contributed by atoms with Gasteiger partial charge in [0, 0.05) is 18.6 Å². The lowest BCUT2D eigenvalue weighted by molar-refractivity contribution is 0.889.